The van der Waals surface area contributed by atoms with Gasteiger partial charge in [-0.3, -0.25) is 4.79 Å². The molecule has 0 spiro atoms. The van der Waals surface area contributed by atoms with E-state index in [9.17, 15) is 13.6 Å². The Morgan fingerprint density at radius 2 is 2.00 bits per heavy atom. The first-order valence-corrected chi connectivity index (χ1v) is 7.97. The summed E-state index contributed by atoms with van der Waals surface area (Å²) in [6, 6.07) is 0. The molecule has 1 atom stereocenters. The first-order chi connectivity index (χ1) is 8.76. The van der Waals surface area contributed by atoms with E-state index >= 15 is 0 Å². The maximum atomic E-state index is 12.7. The molecule has 114 valence electrons. The zero-order valence-electron chi connectivity index (χ0n) is 12.4. The number of carbonyl (C=O) groups excluding carboxylic acids is 1. The molecular formula is C14H26F2O2S. The van der Waals surface area contributed by atoms with Gasteiger partial charge in [-0.1, -0.05) is 20.8 Å². The lowest BCUT2D eigenvalue weighted by molar-refractivity contribution is -0.143. The van der Waals surface area contributed by atoms with Crippen LogP contribution in [0.5, 0.6) is 0 Å². The number of hydrogen-bond acceptors (Lipinski definition) is 3. The molecule has 0 aliphatic heterocycles. The lowest BCUT2D eigenvalue weighted by atomic mass is 10.1. The fourth-order valence-electron chi connectivity index (χ4n) is 1.56. The van der Waals surface area contributed by atoms with E-state index < -0.39 is 5.92 Å². The molecule has 19 heavy (non-hydrogen) atoms. The van der Waals surface area contributed by atoms with Gasteiger partial charge in [0.2, 0.25) is 5.92 Å². The molecule has 1 unspecified atom stereocenters. The molecule has 5 heteroatoms. The number of hydrogen-bond donors (Lipinski definition) is 0. The highest BCUT2D eigenvalue weighted by atomic mass is 32.2. The molecule has 0 aromatic carbocycles. The van der Waals surface area contributed by atoms with Crippen LogP contribution in [-0.2, 0) is 9.53 Å². The quantitative estimate of drug-likeness (QED) is 0.438. The highest BCUT2D eigenvalue weighted by Crippen LogP contribution is 2.25. The number of ether oxygens (including phenoxy) is 1. The Morgan fingerprint density at radius 1 is 1.37 bits per heavy atom. The van der Waals surface area contributed by atoms with Crippen molar-refractivity contribution >= 4 is 17.7 Å². The molecule has 0 radical (unpaired) electrons. The van der Waals surface area contributed by atoms with Crippen LogP contribution < -0.4 is 0 Å². The van der Waals surface area contributed by atoms with E-state index in [1.54, 1.807) is 0 Å². The summed E-state index contributed by atoms with van der Waals surface area (Å²) in [5.74, 6) is -1.86. The van der Waals surface area contributed by atoms with E-state index in [-0.39, 0.29) is 17.6 Å². The third-order valence-corrected chi connectivity index (χ3v) is 3.79. The third-order valence-electron chi connectivity index (χ3n) is 2.48. The highest BCUT2D eigenvalue weighted by Gasteiger charge is 2.23. The topological polar surface area (TPSA) is 26.3 Å². The van der Waals surface area contributed by atoms with Crippen LogP contribution in [0.25, 0.3) is 0 Å². The zero-order chi connectivity index (χ0) is 14.9. The molecule has 2 nitrogen and oxygen atoms in total. The van der Waals surface area contributed by atoms with E-state index in [0.29, 0.717) is 24.7 Å². The van der Waals surface area contributed by atoms with Crippen LogP contribution in [0, 0.1) is 5.92 Å². The van der Waals surface area contributed by atoms with E-state index in [0.717, 1.165) is 19.8 Å². The van der Waals surface area contributed by atoms with Crippen LogP contribution in [0.3, 0.4) is 0 Å². The SMILES string of the molecule is CCCOC(=O)C(CC(C)C)SCCCC(C)(F)F. The van der Waals surface area contributed by atoms with Crippen molar-refractivity contribution in [1.82, 2.24) is 0 Å². The monoisotopic (exact) mass is 296 g/mol. The van der Waals surface area contributed by atoms with Gasteiger partial charge < -0.3 is 4.74 Å². The average molecular weight is 296 g/mol. The van der Waals surface area contributed by atoms with Gasteiger partial charge in [-0.05, 0) is 37.9 Å². The lowest BCUT2D eigenvalue weighted by Crippen LogP contribution is -2.23. The van der Waals surface area contributed by atoms with Gasteiger partial charge in [0.15, 0.2) is 0 Å². The second kappa shape index (κ2) is 9.56. The number of thioether (sulfide) groups is 1. The van der Waals surface area contributed by atoms with Crippen molar-refractivity contribution in [2.24, 2.45) is 5.92 Å². The molecule has 0 aliphatic carbocycles. The van der Waals surface area contributed by atoms with Crippen molar-refractivity contribution in [3.63, 3.8) is 0 Å². The molecule has 0 amide bonds. The van der Waals surface area contributed by atoms with Gasteiger partial charge in [0.05, 0.1) is 6.61 Å². The summed E-state index contributed by atoms with van der Waals surface area (Å²) in [5.41, 5.74) is 0. The third kappa shape index (κ3) is 11.2. The Morgan fingerprint density at radius 3 is 2.47 bits per heavy atom. The Kier molecular flexibility index (Phi) is 9.40. The number of esters is 1. The van der Waals surface area contributed by atoms with Crippen LogP contribution >= 0.6 is 11.8 Å². The van der Waals surface area contributed by atoms with Gasteiger partial charge in [-0.25, -0.2) is 8.78 Å². The summed E-state index contributed by atoms with van der Waals surface area (Å²) >= 11 is 1.44. The van der Waals surface area contributed by atoms with E-state index in [4.69, 9.17) is 4.74 Å². The predicted octanol–water partition coefficient (Wildman–Crippen LogP) is 4.52. The van der Waals surface area contributed by atoms with Gasteiger partial charge in [-0.2, -0.15) is 0 Å². The molecule has 0 aliphatic rings. The molecule has 0 bridgehead atoms. The first-order valence-electron chi connectivity index (χ1n) is 6.92. The standard InChI is InChI=1S/C14H26F2O2S/c1-5-8-18-13(17)12(10-11(2)3)19-9-6-7-14(4,15)16/h11-12H,5-10H2,1-4H3. The van der Waals surface area contributed by atoms with E-state index in [1.165, 1.54) is 11.8 Å². The van der Waals surface area contributed by atoms with Crippen molar-refractivity contribution in [1.29, 1.82) is 0 Å². The number of rotatable bonds is 10. The van der Waals surface area contributed by atoms with Crippen molar-refractivity contribution in [3.8, 4) is 0 Å². The Balaban J connectivity index is 4.09. The summed E-state index contributed by atoms with van der Waals surface area (Å²) in [7, 11) is 0. The number of halogens is 2. The fraction of sp³-hybridized carbons (Fsp3) is 0.929. The van der Waals surface area contributed by atoms with Gasteiger partial charge in [0, 0.05) is 6.42 Å². The molecular weight excluding hydrogens is 270 g/mol. The predicted molar refractivity (Wildman–Crippen MR) is 76.8 cm³/mol. The Labute approximate surface area is 119 Å². The Hall–Kier alpha value is -0.320. The van der Waals surface area contributed by atoms with Gasteiger partial charge >= 0.3 is 5.97 Å². The molecule has 0 saturated carbocycles. The summed E-state index contributed by atoms with van der Waals surface area (Å²) in [6.45, 7) is 7.39. The van der Waals surface area contributed by atoms with Crippen LogP contribution in [0.1, 0.15) is 53.4 Å². The Bertz CT molecular complexity index is 252. The summed E-state index contributed by atoms with van der Waals surface area (Å²) < 4.78 is 30.5. The number of carbonyl (C=O) groups is 1. The lowest BCUT2D eigenvalue weighted by Gasteiger charge is -2.18. The van der Waals surface area contributed by atoms with Crippen molar-refractivity contribution in [2.45, 2.75) is 64.6 Å². The minimum atomic E-state index is -2.61. The molecule has 0 saturated heterocycles. The summed E-state index contributed by atoms with van der Waals surface area (Å²) in [5, 5.41) is -0.225. The van der Waals surface area contributed by atoms with Gasteiger partial charge in [0.1, 0.15) is 5.25 Å². The molecule has 0 aromatic heterocycles. The zero-order valence-corrected chi connectivity index (χ0v) is 13.2. The minimum Gasteiger partial charge on any atom is -0.465 e. The van der Waals surface area contributed by atoms with Crippen molar-refractivity contribution in [2.75, 3.05) is 12.4 Å². The van der Waals surface area contributed by atoms with E-state index in [2.05, 4.69) is 0 Å². The largest absolute Gasteiger partial charge is 0.465 e. The normalized spacial score (nSPS) is 13.6. The van der Waals surface area contributed by atoms with E-state index in [1.807, 2.05) is 20.8 Å². The number of alkyl halides is 2. The first kappa shape index (κ1) is 18.7. The molecule has 0 fully saturated rings. The highest BCUT2D eigenvalue weighted by molar-refractivity contribution is 8.00. The molecule has 0 N–H and O–H groups in total. The molecule has 0 heterocycles. The fourth-order valence-corrected chi connectivity index (χ4v) is 2.88. The maximum Gasteiger partial charge on any atom is 0.319 e. The second-order valence-electron chi connectivity index (χ2n) is 5.33. The maximum absolute atomic E-state index is 12.7. The van der Waals surface area contributed by atoms with Crippen molar-refractivity contribution in [3.05, 3.63) is 0 Å². The van der Waals surface area contributed by atoms with Gasteiger partial charge in [-0.15, -0.1) is 11.8 Å². The van der Waals surface area contributed by atoms with Crippen molar-refractivity contribution < 1.29 is 18.3 Å². The molecule has 0 rings (SSSR count). The second-order valence-corrected chi connectivity index (χ2v) is 6.64. The summed E-state index contributed by atoms with van der Waals surface area (Å²) in [6.07, 6.45) is 1.82. The minimum absolute atomic E-state index is 0.127. The van der Waals surface area contributed by atoms with Gasteiger partial charge in [0.25, 0.3) is 0 Å². The van der Waals surface area contributed by atoms with Crippen LogP contribution in [-0.4, -0.2) is 29.5 Å². The van der Waals surface area contributed by atoms with Crippen LogP contribution in [0.2, 0.25) is 0 Å². The average Bonchev–Trinajstić information content (AvgIpc) is 2.28. The van der Waals surface area contributed by atoms with Crippen LogP contribution in [0.15, 0.2) is 0 Å². The molecule has 0 aromatic rings. The summed E-state index contributed by atoms with van der Waals surface area (Å²) in [4.78, 5) is 11.8. The van der Waals surface area contributed by atoms with Crippen LogP contribution in [0.4, 0.5) is 8.78 Å². The smallest absolute Gasteiger partial charge is 0.319 e.